The predicted octanol–water partition coefficient (Wildman–Crippen LogP) is 3.84. The Bertz CT molecular complexity index is 1330. The molecule has 1 N–H and O–H groups in total. The fourth-order valence-corrected chi connectivity index (χ4v) is 4.52. The summed E-state index contributed by atoms with van der Waals surface area (Å²) in [5.74, 6) is 0.620. The van der Waals surface area contributed by atoms with E-state index in [9.17, 15) is 9.18 Å². The van der Waals surface area contributed by atoms with Crippen LogP contribution in [0.5, 0.6) is 0 Å². The number of halogens is 1. The number of aromatic amines is 1. The second kappa shape index (κ2) is 8.44. The van der Waals surface area contributed by atoms with E-state index in [2.05, 4.69) is 26.7 Å². The highest BCUT2D eigenvalue weighted by atomic mass is 19.1. The lowest BCUT2D eigenvalue weighted by Crippen LogP contribution is -2.47. The van der Waals surface area contributed by atoms with Crippen molar-refractivity contribution in [1.29, 1.82) is 0 Å². The van der Waals surface area contributed by atoms with Gasteiger partial charge in [0.25, 0.3) is 5.91 Å². The Hall–Kier alpha value is -3.52. The minimum Gasteiger partial charge on any atom is -0.368 e. The van der Waals surface area contributed by atoms with Gasteiger partial charge in [0.1, 0.15) is 11.6 Å². The molecule has 1 saturated heterocycles. The maximum Gasteiger partial charge on any atom is 0.253 e. The number of nitrogens with one attached hydrogen (secondary N) is 1. The number of aromatic nitrogens is 3. The minimum atomic E-state index is -0.246. The van der Waals surface area contributed by atoms with Gasteiger partial charge >= 0.3 is 0 Å². The highest BCUT2D eigenvalue weighted by Crippen LogP contribution is 2.29. The van der Waals surface area contributed by atoms with Crippen LogP contribution in [-0.2, 0) is 0 Å². The molecule has 5 rings (SSSR count). The van der Waals surface area contributed by atoms with Gasteiger partial charge in [0, 0.05) is 63.1 Å². The van der Waals surface area contributed by atoms with Crippen LogP contribution in [-0.4, -0.2) is 70.9 Å². The average Bonchev–Trinajstić information content (AvgIpc) is 3.26. The maximum atomic E-state index is 13.8. The van der Waals surface area contributed by atoms with Crippen molar-refractivity contribution in [3.8, 4) is 0 Å². The van der Waals surface area contributed by atoms with Crippen LogP contribution in [0.4, 0.5) is 10.1 Å². The Balaban J connectivity index is 1.32. The number of hydrogen-bond donors (Lipinski definition) is 1. The van der Waals surface area contributed by atoms with E-state index in [1.165, 1.54) is 6.07 Å². The second-order valence-corrected chi connectivity index (χ2v) is 8.74. The van der Waals surface area contributed by atoms with Gasteiger partial charge in [-0.25, -0.2) is 9.37 Å². The van der Waals surface area contributed by atoms with E-state index in [1.807, 2.05) is 24.3 Å². The fraction of sp³-hybridized carbons (Fsp3) is 0.320. The van der Waals surface area contributed by atoms with Gasteiger partial charge in [0.05, 0.1) is 22.6 Å². The van der Waals surface area contributed by atoms with Gasteiger partial charge in [-0.3, -0.25) is 14.7 Å². The standard InChI is InChI=1S/C25H27FN6O/c1-16(24-28-21-6-4-17(14-22(21)29-24)25(33)30(2)3)31-10-12-32(13-11-31)23-8-9-27-20-7-5-18(26)15-19(20)23/h4-9,14-16H,10-13H2,1-3H3,(H,28,29)/t16-/m1/s1. The van der Waals surface area contributed by atoms with Crippen LogP contribution in [0.1, 0.15) is 29.1 Å². The monoisotopic (exact) mass is 446 g/mol. The molecule has 0 spiro atoms. The minimum absolute atomic E-state index is 0.0271. The van der Waals surface area contributed by atoms with Crippen molar-refractivity contribution in [3.05, 3.63) is 65.9 Å². The number of piperazine rings is 1. The van der Waals surface area contributed by atoms with Gasteiger partial charge in [0.15, 0.2) is 0 Å². The third-order valence-corrected chi connectivity index (χ3v) is 6.43. The van der Waals surface area contributed by atoms with E-state index in [-0.39, 0.29) is 17.8 Å². The molecular formula is C25H27FN6O. The molecule has 1 aliphatic rings. The lowest BCUT2D eigenvalue weighted by Gasteiger charge is -2.38. The van der Waals surface area contributed by atoms with Crippen LogP contribution in [0.2, 0.25) is 0 Å². The van der Waals surface area contributed by atoms with E-state index in [0.717, 1.165) is 59.6 Å². The summed E-state index contributed by atoms with van der Waals surface area (Å²) in [6.07, 6.45) is 1.79. The van der Waals surface area contributed by atoms with Crippen molar-refractivity contribution in [3.63, 3.8) is 0 Å². The Morgan fingerprint density at radius 1 is 1.06 bits per heavy atom. The van der Waals surface area contributed by atoms with E-state index in [1.54, 1.807) is 37.3 Å². The van der Waals surface area contributed by atoms with Gasteiger partial charge in [-0.1, -0.05) is 0 Å². The molecule has 0 saturated carbocycles. The van der Waals surface area contributed by atoms with Crippen molar-refractivity contribution in [2.45, 2.75) is 13.0 Å². The van der Waals surface area contributed by atoms with Crippen LogP contribution in [0.15, 0.2) is 48.7 Å². The number of benzene rings is 2. The van der Waals surface area contributed by atoms with Crippen molar-refractivity contribution < 1.29 is 9.18 Å². The Kier molecular flexibility index (Phi) is 5.46. The number of imidazole rings is 1. The molecule has 1 atom stereocenters. The molecule has 170 valence electrons. The van der Waals surface area contributed by atoms with Crippen molar-refractivity contribution in [2.75, 3.05) is 45.2 Å². The zero-order valence-electron chi connectivity index (χ0n) is 19.0. The number of anilines is 1. The molecule has 33 heavy (non-hydrogen) atoms. The highest BCUT2D eigenvalue weighted by Gasteiger charge is 2.25. The van der Waals surface area contributed by atoms with Crippen LogP contribution < -0.4 is 4.90 Å². The Labute approximate surface area is 191 Å². The largest absolute Gasteiger partial charge is 0.368 e. The number of nitrogens with zero attached hydrogens (tertiary/aromatic N) is 5. The van der Waals surface area contributed by atoms with Crippen LogP contribution in [0.25, 0.3) is 21.9 Å². The molecule has 4 aromatic rings. The van der Waals surface area contributed by atoms with Gasteiger partial charge in [-0.15, -0.1) is 0 Å². The molecule has 2 aromatic heterocycles. The number of carbonyl (C=O) groups excluding carboxylic acids is 1. The zero-order chi connectivity index (χ0) is 23.1. The fourth-order valence-electron chi connectivity index (χ4n) is 4.52. The first kappa shape index (κ1) is 21.3. The lowest BCUT2D eigenvalue weighted by atomic mass is 10.1. The number of rotatable bonds is 4. The Morgan fingerprint density at radius 3 is 2.58 bits per heavy atom. The summed E-state index contributed by atoms with van der Waals surface area (Å²) in [7, 11) is 3.50. The van der Waals surface area contributed by atoms with E-state index in [4.69, 9.17) is 4.98 Å². The first-order valence-electron chi connectivity index (χ1n) is 11.2. The molecule has 0 radical (unpaired) electrons. The summed E-state index contributed by atoms with van der Waals surface area (Å²) < 4.78 is 13.8. The molecule has 7 nitrogen and oxygen atoms in total. The van der Waals surface area contributed by atoms with E-state index in [0.29, 0.717) is 5.56 Å². The van der Waals surface area contributed by atoms with Crippen molar-refractivity contribution >= 4 is 33.5 Å². The molecule has 1 aliphatic heterocycles. The second-order valence-electron chi connectivity index (χ2n) is 8.74. The summed E-state index contributed by atoms with van der Waals surface area (Å²) >= 11 is 0. The molecule has 0 bridgehead atoms. The summed E-state index contributed by atoms with van der Waals surface area (Å²) in [6, 6.07) is 12.4. The third kappa shape index (κ3) is 4.02. The lowest BCUT2D eigenvalue weighted by molar-refractivity contribution is 0.0827. The maximum absolute atomic E-state index is 13.8. The van der Waals surface area contributed by atoms with E-state index >= 15 is 0 Å². The normalized spacial score (nSPS) is 15.8. The summed E-state index contributed by atoms with van der Waals surface area (Å²) in [4.78, 5) is 31.1. The molecule has 0 unspecified atom stereocenters. The smallest absolute Gasteiger partial charge is 0.253 e. The number of hydrogen-bond acceptors (Lipinski definition) is 5. The van der Waals surface area contributed by atoms with E-state index < -0.39 is 0 Å². The summed E-state index contributed by atoms with van der Waals surface area (Å²) in [5, 5.41) is 0.847. The van der Waals surface area contributed by atoms with Crippen LogP contribution in [0.3, 0.4) is 0 Å². The summed E-state index contributed by atoms with van der Waals surface area (Å²) in [6.45, 7) is 5.54. The van der Waals surface area contributed by atoms with Crippen molar-refractivity contribution in [1.82, 2.24) is 24.8 Å². The zero-order valence-corrected chi connectivity index (χ0v) is 19.0. The topological polar surface area (TPSA) is 68.4 Å². The molecule has 2 aromatic carbocycles. The number of fused-ring (bicyclic) bond motifs is 2. The first-order chi connectivity index (χ1) is 15.9. The van der Waals surface area contributed by atoms with Gasteiger partial charge in [-0.05, 0) is 49.4 Å². The SMILES string of the molecule is C[C@H](c1nc2ccc(C(=O)N(C)C)cc2[nH]1)N1CCN(c2ccnc3ccc(F)cc23)CC1. The molecular weight excluding hydrogens is 419 g/mol. The molecule has 1 fully saturated rings. The molecule has 8 heteroatoms. The van der Waals surface area contributed by atoms with Gasteiger partial charge in [0.2, 0.25) is 0 Å². The molecule has 1 amide bonds. The summed E-state index contributed by atoms with van der Waals surface area (Å²) in [5.41, 5.74) is 4.20. The van der Waals surface area contributed by atoms with Crippen LogP contribution >= 0.6 is 0 Å². The number of amides is 1. The number of carbonyl (C=O) groups is 1. The van der Waals surface area contributed by atoms with Gasteiger partial charge in [-0.2, -0.15) is 0 Å². The molecule has 3 heterocycles. The quantitative estimate of drug-likeness (QED) is 0.516. The molecule has 0 aliphatic carbocycles. The van der Waals surface area contributed by atoms with Gasteiger partial charge < -0.3 is 14.8 Å². The third-order valence-electron chi connectivity index (χ3n) is 6.43. The predicted molar refractivity (Wildman–Crippen MR) is 128 cm³/mol. The van der Waals surface area contributed by atoms with Crippen molar-refractivity contribution in [2.24, 2.45) is 0 Å². The number of pyridine rings is 1. The first-order valence-corrected chi connectivity index (χ1v) is 11.2. The van der Waals surface area contributed by atoms with Crippen LogP contribution in [0, 0.1) is 5.82 Å². The number of H-pyrrole nitrogens is 1. The highest BCUT2D eigenvalue weighted by molar-refractivity contribution is 5.97. The average molecular weight is 447 g/mol. The Morgan fingerprint density at radius 2 is 1.82 bits per heavy atom.